The molecule has 3 aromatic rings. The van der Waals surface area contributed by atoms with Crippen LogP contribution in [0.2, 0.25) is 0 Å². The summed E-state index contributed by atoms with van der Waals surface area (Å²) in [6.45, 7) is 1.50. The first-order valence-electron chi connectivity index (χ1n) is 8.63. The number of piperidine rings is 1. The largest absolute Gasteiger partial charge is 0.463 e. The average molecular weight is 349 g/mol. The Labute approximate surface area is 151 Å². The van der Waals surface area contributed by atoms with Crippen LogP contribution in [0.1, 0.15) is 12.8 Å². The highest BCUT2D eigenvalue weighted by Crippen LogP contribution is 2.24. The molecule has 4 heterocycles. The first kappa shape index (κ1) is 16.3. The molecule has 7 nitrogen and oxygen atoms in total. The second-order valence-corrected chi connectivity index (χ2v) is 6.26. The van der Waals surface area contributed by atoms with Gasteiger partial charge in [0.2, 0.25) is 5.91 Å². The van der Waals surface area contributed by atoms with Crippen LogP contribution >= 0.6 is 0 Å². The number of amides is 1. The van der Waals surface area contributed by atoms with E-state index in [1.165, 1.54) is 0 Å². The number of pyridine rings is 1. The Morgan fingerprint density at radius 2 is 2.04 bits per heavy atom. The lowest BCUT2D eigenvalue weighted by Gasteiger charge is -2.32. The van der Waals surface area contributed by atoms with Gasteiger partial charge in [0.05, 0.1) is 12.2 Å². The summed E-state index contributed by atoms with van der Waals surface area (Å²) in [6.07, 6.45) is 6.75. The zero-order chi connectivity index (χ0) is 17.8. The van der Waals surface area contributed by atoms with Crippen molar-refractivity contribution >= 4 is 17.4 Å². The highest BCUT2D eigenvalue weighted by Gasteiger charge is 2.26. The third-order valence-electron chi connectivity index (χ3n) is 4.49. The summed E-state index contributed by atoms with van der Waals surface area (Å²) in [6, 6.07) is 11.1. The Balaban J connectivity index is 1.42. The van der Waals surface area contributed by atoms with Gasteiger partial charge in [-0.1, -0.05) is 0 Å². The van der Waals surface area contributed by atoms with Gasteiger partial charge in [-0.2, -0.15) is 0 Å². The van der Waals surface area contributed by atoms with E-state index in [2.05, 4.69) is 25.4 Å². The average Bonchev–Trinajstić information content (AvgIpc) is 3.24. The fourth-order valence-corrected chi connectivity index (χ4v) is 3.13. The summed E-state index contributed by atoms with van der Waals surface area (Å²) >= 11 is 0. The van der Waals surface area contributed by atoms with Crippen molar-refractivity contribution in [1.82, 2.24) is 15.2 Å². The van der Waals surface area contributed by atoms with E-state index in [0.717, 1.165) is 30.9 Å². The molecule has 1 amide bonds. The summed E-state index contributed by atoms with van der Waals surface area (Å²) in [5, 5.41) is 11.5. The molecule has 1 saturated heterocycles. The molecular weight excluding hydrogens is 330 g/mol. The molecule has 132 valence electrons. The molecule has 0 saturated carbocycles. The van der Waals surface area contributed by atoms with E-state index in [-0.39, 0.29) is 11.8 Å². The molecule has 7 heteroatoms. The number of carbonyl (C=O) groups excluding carboxylic acids is 1. The molecule has 1 atom stereocenters. The normalized spacial score (nSPS) is 17.1. The second-order valence-electron chi connectivity index (χ2n) is 6.26. The molecule has 1 N–H and O–H groups in total. The fraction of sp³-hybridized carbons (Fsp3) is 0.263. The van der Waals surface area contributed by atoms with Crippen molar-refractivity contribution in [3.8, 4) is 11.5 Å². The number of nitrogens with one attached hydrogen (secondary N) is 1. The number of anilines is 2. The van der Waals surface area contributed by atoms with E-state index in [1.54, 1.807) is 30.8 Å². The third-order valence-corrected chi connectivity index (χ3v) is 4.49. The van der Waals surface area contributed by atoms with E-state index in [4.69, 9.17) is 4.42 Å². The van der Waals surface area contributed by atoms with Gasteiger partial charge in [-0.3, -0.25) is 9.78 Å². The fourth-order valence-electron chi connectivity index (χ4n) is 3.13. The summed E-state index contributed by atoms with van der Waals surface area (Å²) < 4.78 is 5.34. The van der Waals surface area contributed by atoms with Crippen LogP contribution in [-0.2, 0) is 4.79 Å². The minimum absolute atomic E-state index is 0.0288. The van der Waals surface area contributed by atoms with E-state index in [1.807, 2.05) is 24.3 Å². The number of hydrogen-bond donors (Lipinski definition) is 1. The van der Waals surface area contributed by atoms with Gasteiger partial charge in [0.15, 0.2) is 11.6 Å². The van der Waals surface area contributed by atoms with Crippen LogP contribution in [0, 0.1) is 5.92 Å². The number of nitrogens with zero attached hydrogens (tertiary/aromatic N) is 4. The maximum Gasteiger partial charge on any atom is 0.229 e. The van der Waals surface area contributed by atoms with E-state index in [9.17, 15) is 4.79 Å². The van der Waals surface area contributed by atoms with Gasteiger partial charge in [0, 0.05) is 31.2 Å². The van der Waals surface area contributed by atoms with Crippen molar-refractivity contribution in [2.24, 2.45) is 5.92 Å². The Kier molecular flexibility index (Phi) is 4.59. The van der Waals surface area contributed by atoms with Crippen molar-refractivity contribution in [2.75, 3.05) is 23.3 Å². The summed E-state index contributed by atoms with van der Waals surface area (Å²) in [5.41, 5.74) is 1.47. The molecule has 0 spiro atoms. The van der Waals surface area contributed by atoms with Crippen LogP contribution in [0.25, 0.3) is 11.5 Å². The standard InChI is InChI=1S/C19H19N5O2/c25-19(21-15-7-9-20-10-8-15)14-3-1-11-24(13-14)18-6-5-16(22-23-18)17-4-2-12-26-17/h2,4-10,12,14H,1,3,11,13H2,(H,20,21,25)/t14-/m0/s1. The predicted molar refractivity (Wildman–Crippen MR) is 97.5 cm³/mol. The summed E-state index contributed by atoms with van der Waals surface area (Å²) in [4.78, 5) is 18.6. The van der Waals surface area contributed by atoms with E-state index >= 15 is 0 Å². The lowest BCUT2D eigenvalue weighted by molar-refractivity contribution is -0.120. The number of hydrogen-bond acceptors (Lipinski definition) is 6. The summed E-state index contributed by atoms with van der Waals surface area (Å²) in [7, 11) is 0. The highest BCUT2D eigenvalue weighted by atomic mass is 16.3. The monoisotopic (exact) mass is 349 g/mol. The topological polar surface area (TPSA) is 84.2 Å². The molecule has 0 radical (unpaired) electrons. The van der Waals surface area contributed by atoms with Gasteiger partial charge in [0.25, 0.3) is 0 Å². The molecule has 3 aromatic heterocycles. The van der Waals surface area contributed by atoms with Crippen LogP contribution in [-0.4, -0.2) is 34.2 Å². The maximum atomic E-state index is 12.5. The maximum absolute atomic E-state index is 12.5. The van der Waals surface area contributed by atoms with E-state index in [0.29, 0.717) is 18.0 Å². The van der Waals surface area contributed by atoms with Crippen molar-refractivity contribution in [3.63, 3.8) is 0 Å². The predicted octanol–water partition coefficient (Wildman–Crippen LogP) is 2.99. The van der Waals surface area contributed by atoms with Gasteiger partial charge in [-0.15, -0.1) is 10.2 Å². The van der Waals surface area contributed by atoms with Gasteiger partial charge in [0.1, 0.15) is 5.69 Å². The molecule has 0 aromatic carbocycles. The number of aromatic nitrogens is 3. The van der Waals surface area contributed by atoms with Crippen molar-refractivity contribution in [3.05, 3.63) is 55.1 Å². The molecule has 26 heavy (non-hydrogen) atoms. The van der Waals surface area contributed by atoms with Gasteiger partial charge in [-0.25, -0.2) is 0 Å². The SMILES string of the molecule is O=C(Nc1ccncc1)[C@H]1CCCN(c2ccc(-c3ccco3)nn2)C1. The molecule has 1 aliphatic rings. The molecule has 1 aliphatic heterocycles. The Bertz CT molecular complexity index is 849. The number of rotatable bonds is 4. The zero-order valence-electron chi connectivity index (χ0n) is 14.2. The first-order chi connectivity index (χ1) is 12.8. The molecule has 1 fully saturated rings. The van der Waals surface area contributed by atoms with Crippen molar-refractivity contribution in [1.29, 1.82) is 0 Å². The third kappa shape index (κ3) is 3.56. The van der Waals surface area contributed by atoms with Gasteiger partial charge in [-0.05, 0) is 49.2 Å². The Morgan fingerprint density at radius 3 is 2.77 bits per heavy atom. The van der Waals surface area contributed by atoms with Crippen LogP contribution in [0.15, 0.2) is 59.5 Å². The molecule has 0 aliphatic carbocycles. The van der Waals surface area contributed by atoms with Crippen LogP contribution in [0.5, 0.6) is 0 Å². The van der Waals surface area contributed by atoms with Crippen molar-refractivity contribution in [2.45, 2.75) is 12.8 Å². The Morgan fingerprint density at radius 1 is 1.15 bits per heavy atom. The molecular formula is C19H19N5O2. The Hall–Kier alpha value is -3.22. The zero-order valence-corrected chi connectivity index (χ0v) is 14.2. The number of furan rings is 1. The smallest absolute Gasteiger partial charge is 0.229 e. The van der Waals surface area contributed by atoms with Crippen LogP contribution in [0.3, 0.4) is 0 Å². The minimum atomic E-state index is -0.0801. The van der Waals surface area contributed by atoms with E-state index < -0.39 is 0 Å². The van der Waals surface area contributed by atoms with Crippen molar-refractivity contribution < 1.29 is 9.21 Å². The molecule has 0 unspecified atom stereocenters. The van der Waals surface area contributed by atoms with Crippen LogP contribution < -0.4 is 10.2 Å². The quantitative estimate of drug-likeness (QED) is 0.779. The molecule has 4 rings (SSSR count). The second kappa shape index (κ2) is 7.35. The summed E-state index contributed by atoms with van der Waals surface area (Å²) in [5.74, 6) is 1.42. The lowest BCUT2D eigenvalue weighted by Crippen LogP contribution is -2.41. The molecule has 0 bridgehead atoms. The van der Waals surface area contributed by atoms with Gasteiger partial charge >= 0.3 is 0 Å². The number of carbonyl (C=O) groups is 1. The highest BCUT2D eigenvalue weighted by molar-refractivity contribution is 5.92. The van der Waals surface area contributed by atoms with Crippen LogP contribution in [0.4, 0.5) is 11.5 Å². The minimum Gasteiger partial charge on any atom is -0.463 e. The first-order valence-corrected chi connectivity index (χ1v) is 8.63. The van der Waals surface area contributed by atoms with Gasteiger partial charge < -0.3 is 14.6 Å². The lowest BCUT2D eigenvalue weighted by atomic mass is 9.97.